The molecule has 0 spiro atoms. The summed E-state index contributed by atoms with van der Waals surface area (Å²) in [5.74, 6) is 0.795. The zero-order chi connectivity index (χ0) is 10.8. The van der Waals surface area contributed by atoms with Crippen LogP contribution in [0.3, 0.4) is 0 Å². The fourth-order valence-corrected chi connectivity index (χ4v) is 2.17. The molecule has 1 saturated heterocycles. The van der Waals surface area contributed by atoms with Gasteiger partial charge in [0.2, 0.25) is 17.2 Å². The summed E-state index contributed by atoms with van der Waals surface area (Å²) in [5.41, 5.74) is 5.54. The molecular formula is C9H14ClN5. The normalized spacial score (nSPS) is 20.9. The molecule has 1 unspecified atom stereocenters. The maximum absolute atomic E-state index is 5.75. The topological polar surface area (TPSA) is 67.9 Å². The number of hydrogen-bond donors (Lipinski definition) is 1. The summed E-state index contributed by atoms with van der Waals surface area (Å²) in [6.45, 7) is 3.13. The van der Waals surface area contributed by atoms with Crippen LogP contribution >= 0.6 is 11.6 Å². The van der Waals surface area contributed by atoms with E-state index in [9.17, 15) is 0 Å². The maximum Gasteiger partial charge on any atom is 0.231 e. The van der Waals surface area contributed by atoms with E-state index in [2.05, 4.69) is 26.8 Å². The molecule has 82 valence electrons. The van der Waals surface area contributed by atoms with Crippen molar-refractivity contribution in [1.82, 2.24) is 15.0 Å². The van der Waals surface area contributed by atoms with Crippen LogP contribution in [0.25, 0.3) is 0 Å². The smallest absolute Gasteiger partial charge is 0.231 e. The van der Waals surface area contributed by atoms with Gasteiger partial charge in [0, 0.05) is 12.6 Å². The van der Waals surface area contributed by atoms with Gasteiger partial charge in [0.25, 0.3) is 0 Å². The lowest BCUT2D eigenvalue weighted by Gasteiger charge is -2.23. The third-order valence-corrected chi connectivity index (χ3v) is 2.89. The molecule has 0 aromatic carbocycles. The largest absolute Gasteiger partial charge is 0.368 e. The molecule has 1 fully saturated rings. The lowest BCUT2D eigenvalue weighted by Crippen LogP contribution is -2.30. The minimum absolute atomic E-state index is 0.166. The van der Waals surface area contributed by atoms with Crippen molar-refractivity contribution >= 4 is 23.5 Å². The Kier molecular flexibility index (Phi) is 2.90. The van der Waals surface area contributed by atoms with Crippen molar-refractivity contribution < 1.29 is 0 Å². The average molecular weight is 228 g/mol. The van der Waals surface area contributed by atoms with E-state index in [0.717, 1.165) is 13.0 Å². The van der Waals surface area contributed by atoms with Crippen LogP contribution in [-0.2, 0) is 0 Å². The highest BCUT2D eigenvalue weighted by Crippen LogP contribution is 2.25. The van der Waals surface area contributed by atoms with Gasteiger partial charge < -0.3 is 10.6 Å². The Morgan fingerprint density at radius 3 is 2.93 bits per heavy atom. The van der Waals surface area contributed by atoms with Crippen LogP contribution in [-0.4, -0.2) is 27.5 Å². The van der Waals surface area contributed by atoms with Crippen LogP contribution in [0.5, 0.6) is 0 Å². The highest BCUT2D eigenvalue weighted by molar-refractivity contribution is 6.28. The molecule has 1 aromatic heterocycles. The quantitative estimate of drug-likeness (QED) is 0.829. The summed E-state index contributed by atoms with van der Waals surface area (Å²) in [4.78, 5) is 14.1. The number of aromatic nitrogens is 3. The van der Waals surface area contributed by atoms with E-state index in [1.54, 1.807) is 0 Å². The molecule has 0 saturated carbocycles. The summed E-state index contributed by atoms with van der Waals surface area (Å²) >= 11 is 5.75. The van der Waals surface area contributed by atoms with Gasteiger partial charge in [0.05, 0.1) is 0 Å². The van der Waals surface area contributed by atoms with Gasteiger partial charge in [-0.3, -0.25) is 0 Å². The molecule has 2 N–H and O–H groups in total. The molecule has 15 heavy (non-hydrogen) atoms. The fourth-order valence-electron chi connectivity index (χ4n) is 2.01. The molecular weight excluding hydrogens is 214 g/mol. The molecule has 0 radical (unpaired) electrons. The van der Waals surface area contributed by atoms with Gasteiger partial charge in [-0.05, 0) is 30.9 Å². The molecule has 2 heterocycles. The number of anilines is 2. The third-order valence-electron chi connectivity index (χ3n) is 2.72. The lowest BCUT2D eigenvalue weighted by molar-refractivity contribution is 0.633. The van der Waals surface area contributed by atoms with Crippen molar-refractivity contribution in [2.45, 2.75) is 32.2 Å². The van der Waals surface area contributed by atoms with Crippen molar-refractivity contribution in [3.8, 4) is 0 Å². The number of hydrogen-bond acceptors (Lipinski definition) is 5. The van der Waals surface area contributed by atoms with E-state index in [4.69, 9.17) is 17.3 Å². The van der Waals surface area contributed by atoms with Crippen LogP contribution in [0.15, 0.2) is 0 Å². The van der Waals surface area contributed by atoms with E-state index in [-0.39, 0.29) is 11.2 Å². The zero-order valence-corrected chi connectivity index (χ0v) is 9.41. The molecule has 1 aliphatic rings. The average Bonchev–Trinajstić information content (AvgIpc) is 2.63. The van der Waals surface area contributed by atoms with Crippen LogP contribution in [0, 0.1) is 0 Å². The number of nitrogen functional groups attached to an aromatic ring is 1. The Bertz CT molecular complexity index is 336. The first-order valence-corrected chi connectivity index (χ1v) is 5.52. The summed E-state index contributed by atoms with van der Waals surface area (Å²) in [5, 5.41) is 0.166. The maximum atomic E-state index is 5.75. The zero-order valence-electron chi connectivity index (χ0n) is 8.65. The first-order chi connectivity index (χ1) is 7.20. The van der Waals surface area contributed by atoms with Crippen LogP contribution in [0.4, 0.5) is 11.9 Å². The van der Waals surface area contributed by atoms with E-state index >= 15 is 0 Å². The number of rotatable bonds is 2. The van der Waals surface area contributed by atoms with Gasteiger partial charge in [-0.1, -0.05) is 6.92 Å². The van der Waals surface area contributed by atoms with Crippen LogP contribution in [0.2, 0.25) is 5.28 Å². The first kappa shape index (κ1) is 10.4. The van der Waals surface area contributed by atoms with Gasteiger partial charge in [0.1, 0.15) is 0 Å². The Balaban J connectivity index is 2.28. The minimum atomic E-state index is 0.166. The molecule has 6 heteroatoms. The standard InChI is InChI=1S/C9H14ClN5/c1-2-6-4-3-5-15(6)9-13-7(10)12-8(11)14-9/h6H,2-5H2,1H3,(H2,11,12,13,14). The summed E-state index contributed by atoms with van der Waals surface area (Å²) in [7, 11) is 0. The van der Waals surface area contributed by atoms with Gasteiger partial charge in [-0.2, -0.15) is 15.0 Å². The monoisotopic (exact) mass is 227 g/mol. The minimum Gasteiger partial charge on any atom is -0.368 e. The van der Waals surface area contributed by atoms with Gasteiger partial charge in [0.15, 0.2) is 0 Å². The molecule has 1 aliphatic heterocycles. The second-order valence-corrected chi connectivity index (χ2v) is 4.00. The Hall–Kier alpha value is -1.10. The van der Waals surface area contributed by atoms with E-state index < -0.39 is 0 Å². The molecule has 2 rings (SSSR count). The molecule has 1 atom stereocenters. The van der Waals surface area contributed by atoms with Crippen molar-refractivity contribution in [3.05, 3.63) is 5.28 Å². The van der Waals surface area contributed by atoms with Gasteiger partial charge in [-0.15, -0.1) is 0 Å². The number of nitrogens with two attached hydrogens (primary N) is 1. The third kappa shape index (κ3) is 2.12. The fraction of sp³-hybridized carbons (Fsp3) is 0.667. The van der Waals surface area contributed by atoms with Gasteiger partial charge >= 0.3 is 0 Å². The molecule has 0 bridgehead atoms. The summed E-state index contributed by atoms with van der Waals surface area (Å²) < 4.78 is 0. The lowest BCUT2D eigenvalue weighted by atomic mass is 10.2. The Morgan fingerprint density at radius 1 is 1.47 bits per heavy atom. The molecule has 0 aliphatic carbocycles. The molecule has 1 aromatic rings. The van der Waals surface area contributed by atoms with E-state index in [0.29, 0.717) is 12.0 Å². The highest BCUT2D eigenvalue weighted by Gasteiger charge is 2.25. The van der Waals surface area contributed by atoms with Crippen LogP contribution < -0.4 is 10.6 Å². The Morgan fingerprint density at radius 2 is 2.27 bits per heavy atom. The second-order valence-electron chi connectivity index (χ2n) is 3.66. The number of nitrogens with zero attached hydrogens (tertiary/aromatic N) is 4. The summed E-state index contributed by atoms with van der Waals surface area (Å²) in [6.07, 6.45) is 3.44. The van der Waals surface area contributed by atoms with Crippen molar-refractivity contribution in [1.29, 1.82) is 0 Å². The van der Waals surface area contributed by atoms with Crippen molar-refractivity contribution in [2.24, 2.45) is 0 Å². The van der Waals surface area contributed by atoms with E-state index in [1.165, 1.54) is 12.8 Å². The van der Waals surface area contributed by atoms with Crippen molar-refractivity contribution in [2.75, 3.05) is 17.2 Å². The first-order valence-electron chi connectivity index (χ1n) is 5.14. The SMILES string of the molecule is CCC1CCCN1c1nc(N)nc(Cl)n1. The molecule has 5 nitrogen and oxygen atoms in total. The van der Waals surface area contributed by atoms with Gasteiger partial charge in [-0.25, -0.2) is 0 Å². The van der Waals surface area contributed by atoms with Crippen molar-refractivity contribution in [3.63, 3.8) is 0 Å². The highest BCUT2D eigenvalue weighted by atomic mass is 35.5. The molecule has 0 amide bonds. The van der Waals surface area contributed by atoms with Crippen LogP contribution in [0.1, 0.15) is 26.2 Å². The van der Waals surface area contributed by atoms with E-state index in [1.807, 2.05) is 0 Å². The Labute approximate surface area is 93.7 Å². The number of halogens is 1. The second kappa shape index (κ2) is 4.18. The predicted octanol–water partition coefficient (Wildman–Crippen LogP) is 1.49. The summed E-state index contributed by atoms with van der Waals surface area (Å²) in [6, 6.07) is 0.503. The predicted molar refractivity (Wildman–Crippen MR) is 59.9 cm³/mol.